The number of nitrogens with one attached hydrogen (secondary N) is 2. The smallest absolute Gasteiger partial charge is 0.319 e. The summed E-state index contributed by atoms with van der Waals surface area (Å²) in [7, 11) is 0. The second-order valence-corrected chi connectivity index (χ2v) is 23.1. The summed E-state index contributed by atoms with van der Waals surface area (Å²) in [6, 6.07) is 18.7. The van der Waals surface area contributed by atoms with Gasteiger partial charge in [-0.25, -0.2) is 9.37 Å². The number of carbonyl (C=O) groups is 2. The van der Waals surface area contributed by atoms with Crippen LogP contribution in [0.3, 0.4) is 0 Å². The minimum absolute atomic E-state index is 0.0335. The Balaban J connectivity index is 0.694. The molecule has 19 heteroatoms. The molecule has 0 saturated carbocycles. The third-order valence-corrected chi connectivity index (χ3v) is 17.7. The second-order valence-electron chi connectivity index (χ2n) is 22.3. The lowest BCUT2D eigenvalue weighted by Crippen LogP contribution is -2.51. The molecule has 0 spiro atoms. The van der Waals surface area contributed by atoms with E-state index in [1.54, 1.807) is 29.7 Å². The lowest BCUT2D eigenvalue weighted by Gasteiger charge is -2.34. The number of anilines is 2. The summed E-state index contributed by atoms with van der Waals surface area (Å²) >= 11 is 1.59. The number of aromatic nitrogens is 5. The predicted octanol–water partition coefficient (Wildman–Crippen LogP) is 7.64. The third-order valence-electron chi connectivity index (χ3n) is 16.8. The summed E-state index contributed by atoms with van der Waals surface area (Å²) in [4.78, 5) is 56.6. The number of phenols is 1. The number of fused-ring (bicyclic) bond motifs is 5. The van der Waals surface area contributed by atoms with Gasteiger partial charge in [0.05, 0.1) is 33.6 Å². The predicted molar refractivity (Wildman–Crippen MR) is 294 cm³/mol. The van der Waals surface area contributed by atoms with Gasteiger partial charge in [-0.3, -0.25) is 19.5 Å². The molecular formula is C58H66FN11O6S. The zero-order valence-electron chi connectivity index (χ0n) is 44.2. The van der Waals surface area contributed by atoms with Crippen LogP contribution in [0.15, 0.2) is 76.9 Å². The van der Waals surface area contributed by atoms with Crippen LogP contribution in [0, 0.1) is 30.5 Å². The van der Waals surface area contributed by atoms with Crippen LogP contribution in [0.4, 0.5) is 16.0 Å². The van der Waals surface area contributed by atoms with E-state index in [0.717, 1.165) is 96.6 Å². The number of phenolic OH excluding ortho intramolecular Hbond substituents is 1. The number of aliphatic hydroxyl groups is 1. The number of benzene rings is 3. The summed E-state index contributed by atoms with van der Waals surface area (Å²) < 4.78 is 29.5. The van der Waals surface area contributed by atoms with Crippen LogP contribution in [-0.2, 0) is 16.0 Å². The van der Waals surface area contributed by atoms with E-state index in [1.807, 2.05) is 81.7 Å². The van der Waals surface area contributed by atoms with Crippen molar-refractivity contribution in [1.82, 2.24) is 45.5 Å². The van der Waals surface area contributed by atoms with Gasteiger partial charge in [0.25, 0.3) is 0 Å². The molecule has 2 bridgehead atoms. The van der Waals surface area contributed by atoms with Crippen LogP contribution in [0.25, 0.3) is 43.4 Å². The number of nitrogens with zero attached hydrogens (tertiary/aromatic N) is 9. The summed E-state index contributed by atoms with van der Waals surface area (Å²) in [6.07, 6.45) is 3.86. The first-order valence-corrected chi connectivity index (χ1v) is 28.1. The largest absolute Gasteiger partial charge is 0.508 e. The highest BCUT2D eigenvalue weighted by Gasteiger charge is 2.45. The van der Waals surface area contributed by atoms with E-state index >= 15 is 4.39 Å². The van der Waals surface area contributed by atoms with Crippen LogP contribution in [0.2, 0.25) is 0 Å². The van der Waals surface area contributed by atoms with E-state index in [1.165, 1.54) is 4.90 Å². The molecule has 7 aromatic rings. The van der Waals surface area contributed by atoms with Crippen molar-refractivity contribution in [3.8, 4) is 33.5 Å². The van der Waals surface area contributed by atoms with Crippen molar-refractivity contribution in [2.45, 2.75) is 96.5 Å². The highest BCUT2D eigenvalue weighted by atomic mass is 32.1. The monoisotopic (exact) mass is 1060 g/mol. The molecule has 9 heterocycles. The van der Waals surface area contributed by atoms with Crippen molar-refractivity contribution in [2.75, 3.05) is 68.8 Å². The Morgan fingerprint density at radius 3 is 2.43 bits per heavy atom. The van der Waals surface area contributed by atoms with E-state index in [2.05, 4.69) is 42.4 Å². The van der Waals surface area contributed by atoms with E-state index in [9.17, 15) is 19.8 Å². The number of aliphatic hydroxyl groups excluding tert-OH is 1. The molecule has 77 heavy (non-hydrogen) atoms. The molecule has 0 radical (unpaired) electrons. The molecule has 12 rings (SSSR count). The van der Waals surface area contributed by atoms with Gasteiger partial charge in [-0.15, -0.1) is 11.3 Å². The molecule has 2 amide bonds. The van der Waals surface area contributed by atoms with Gasteiger partial charge in [-0.05, 0) is 90.5 Å². The van der Waals surface area contributed by atoms with Crippen LogP contribution in [0.1, 0.15) is 81.5 Å². The van der Waals surface area contributed by atoms with Crippen LogP contribution in [0.5, 0.6) is 11.8 Å². The number of ether oxygens (including phenoxy) is 1. The SMILES string of the molecule is CCc1cccc2cc(O)cc(-c3ncc4c(N5CC6CCC(C5)N6)nc(OCCN5C[C@@H]6CN(c7cc([C@@H](C(=O)N8C[C@H](O)C[C@H]8C(=O)N[C@@H](C)c8ccc(-c9scnc9C)cc8)C(C)C)on7)C[C@@H]6C5)nc4c3F)c12. The molecule has 3 aromatic carbocycles. The minimum atomic E-state index is -0.833. The summed E-state index contributed by atoms with van der Waals surface area (Å²) in [5.41, 5.74) is 6.60. The number of likely N-dealkylation sites (tertiary alicyclic amines) is 2. The number of halogens is 1. The molecule has 8 atom stereocenters. The topological polar surface area (TPSA) is 198 Å². The van der Waals surface area contributed by atoms with Gasteiger partial charge in [-0.2, -0.15) is 9.97 Å². The molecule has 5 saturated heterocycles. The summed E-state index contributed by atoms with van der Waals surface area (Å²) in [5.74, 6) is 0.479. The Kier molecular flexibility index (Phi) is 13.8. The summed E-state index contributed by atoms with van der Waals surface area (Å²) in [6.45, 7) is 15.6. The zero-order chi connectivity index (χ0) is 53.2. The number of amides is 2. The first-order chi connectivity index (χ1) is 37.3. The standard InChI is InChI=1S/C58H66FN11O6S/c1-6-34-8-7-9-37-18-42(71)19-44(50(34)37)52-51(59)53-45(22-60-52)55(69-27-40-14-15-41(28-69)63-40)65-58(64-53)75-17-16-67-23-38-25-68(26-39(38)24-67)48-21-47(76-66-48)49(31(2)3)57(74)70-29-43(72)20-46(70)56(73)62-32(4)35-10-12-36(13-11-35)54-33(5)61-30-77-54/h7-13,18-19,21-22,30-32,38-41,43,46,49,63,71-72H,6,14-17,20,23-29H2,1-5H3,(H,62,73)/t32-,38-,39+,40?,41?,43+,46-,49-/m0/s1. The molecular weight excluding hydrogens is 998 g/mol. The molecule has 5 fully saturated rings. The van der Waals surface area contributed by atoms with Gasteiger partial charge in [0, 0.05) is 88.7 Å². The molecule has 0 aliphatic carbocycles. The number of rotatable bonds is 15. The van der Waals surface area contributed by atoms with Gasteiger partial charge < -0.3 is 44.8 Å². The van der Waals surface area contributed by atoms with Crippen LogP contribution < -0.4 is 25.2 Å². The van der Waals surface area contributed by atoms with E-state index in [-0.39, 0.29) is 59.7 Å². The lowest BCUT2D eigenvalue weighted by atomic mass is 9.91. The number of pyridine rings is 1. The van der Waals surface area contributed by atoms with Gasteiger partial charge in [0.2, 0.25) is 11.8 Å². The third kappa shape index (κ3) is 9.84. The number of thiazole rings is 1. The van der Waals surface area contributed by atoms with Crippen LogP contribution in [-0.4, -0.2) is 140 Å². The quantitative estimate of drug-likeness (QED) is 0.0781. The van der Waals surface area contributed by atoms with Crippen molar-refractivity contribution in [3.63, 3.8) is 0 Å². The van der Waals surface area contributed by atoms with Gasteiger partial charge in [0.1, 0.15) is 41.3 Å². The molecule has 5 aliphatic heterocycles. The van der Waals surface area contributed by atoms with Gasteiger partial charge in [-0.1, -0.05) is 68.4 Å². The number of β-amino-alcohol motifs (C(OH)–C–C–N with tert-alkyl or cyclic N) is 1. The number of hydrogen-bond donors (Lipinski definition) is 4. The molecule has 402 valence electrons. The van der Waals surface area contributed by atoms with Crippen LogP contribution >= 0.6 is 11.3 Å². The average Bonchev–Trinajstić information content (AvgIpc) is 4.32. The van der Waals surface area contributed by atoms with Crippen molar-refractivity contribution in [2.24, 2.45) is 17.8 Å². The summed E-state index contributed by atoms with van der Waals surface area (Å²) in [5, 5.41) is 35.1. The normalized spacial score (nSPS) is 23.1. The molecule has 4 aromatic heterocycles. The number of aryl methyl sites for hydroxylation is 2. The highest BCUT2D eigenvalue weighted by molar-refractivity contribution is 7.13. The molecule has 4 N–H and O–H groups in total. The van der Waals surface area contributed by atoms with Gasteiger partial charge in [0.15, 0.2) is 17.4 Å². The zero-order valence-corrected chi connectivity index (χ0v) is 45.0. The van der Waals surface area contributed by atoms with Crippen molar-refractivity contribution < 1.29 is 33.5 Å². The lowest BCUT2D eigenvalue weighted by molar-refractivity contribution is -0.141. The fourth-order valence-electron chi connectivity index (χ4n) is 12.9. The Labute approximate surface area is 450 Å². The second kappa shape index (κ2) is 20.9. The maximum absolute atomic E-state index is 17.2. The maximum Gasteiger partial charge on any atom is 0.319 e. The highest BCUT2D eigenvalue weighted by Crippen LogP contribution is 2.41. The molecule has 2 unspecified atom stereocenters. The first kappa shape index (κ1) is 51.0. The average molecular weight is 1060 g/mol. The molecule has 5 aliphatic rings. The van der Waals surface area contributed by atoms with Gasteiger partial charge >= 0.3 is 6.01 Å². The Morgan fingerprint density at radius 1 is 0.948 bits per heavy atom. The number of aromatic hydroxyl groups is 1. The fourth-order valence-corrected chi connectivity index (χ4v) is 13.7. The van der Waals surface area contributed by atoms with E-state index in [0.29, 0.717) is 65.4 Å². The number of piperazine rings is 1. The molecule has 17 nitrogen and oxygen atoms in total. The maximum atomic E-state index is 17.2. The van der Waals surface area contributed by atoms with Crippen molar-refractivity contribution in [1.29, 1.82) is 0 Å². The minimum Gasteiger partial charge on any atom is -0.508 e. The Hall–Kier alpha value is -6.80. The van der Waals surface area contributed by atoms with Crippen molar-refractivity contribution >= 4 is 56.5 Å². The fraction of sp³-hybridized carbons (Fsp3) is 0.466. The first-order valence-electron chi connectivity index (χ1n) is 27.2. The Bertz CT molecular complexity index is 3330. The number of hydrogen-bond acceptors (Lipinski definition) is 16. The number of carbonyl (C=O) groups excluding carboxylic acids is 2. The van der Waals surface area contributed by atoms with E-state index < -0.39 is 23.9 Å². The van der Waals surface area contributed by atoms with Crippen molar-refractivity contribution in [3.05, 3.63) is 101 Å². The van der Waals surface area contributed by atoms with E-state index in [4.69, 9.17) is 24.2 Å². The Morgan fingerprint density at radius 2 is 1.71 bits per heavy atom.